The molecule has 0 saturated heterocycles. The van der Waals surface area contributed by atoms with Gasteiger partial charge in [0, 0.05) is 11.1 Å². The number of nitrogens with two attached hydrogens (primary N) is 1. The molecule has 0 saturated carbocycles. The van der Waals surface area contributed by atoms with Crippen LogP contribution >= 0.6 is 11.8 Å². The van der Waals surface area contributed by atoms with Crippen molar-refractivity contribution in [2.45, 2.75) is 6.61 Å². The van der Waals surface area contributed by atoms with Crippen LogP contribution in [0.1, 0.15) is 16.7 Å². The largest absolute Gasteiger partial charge is 0.488 e. The SMILES string of the molecule is N#Cc1ccccc1COc1ccc2ccccc2c1C=C1SC(N)=NC1=O. The lowest BCUT2D eigenvalue weighted by atomic mass is 10.0. The summed E-state index contributed by atoms with van der Waals surface area (Å²) < 4.78 is 6.06. The number of benzene rings is 3. The van der Waals surface area contributed by atoms with Crippen LogP contribution < -0.4 is 10.5 Å². The number of amidine groups is 1. The summed E-state index contributed by atoms with van der Waals surface area (Å²) in [5.41, 5.74) is 7.84. The fraction of sp³-hybridized carbons (Fsp3) is 0.0455. The minimum absolute atomic E-state index is 0.238. The average Bonchev–Trinajstić information content (AvgIpc) is 3.04. The first-order valence-corrected chi connectivity index (χ1v) is 9.38. The molecule has 2 N–H and O–H groups in total. The van der Waals surface area contributed by atoms with Gasteiger partial charge >= 0.3 is 0 Å². The zero-order valence-electron chi connectivity index (χ0n) is 14.8. The van der Waals surface area contributed by atoms with Crippen molar-refractivity contribution in [3.05, 3.63) is 82.3 Å². The summed E-state index contributed by atoms with van der Waals surface area (Å²) in [6.07, 6.45) is 1.77. The maximum absolute atomic E-state index is 12.1. The molecule has 0 unspecified atom stereocenters. The van der Waals surface area contributed by atoms with Gasteiger partial charge in [-0.15, -0.1) is 0 Å². The molecule has 6 heteroatoms. The smallest absolute Gasteiger partial charge is 0.286 e. The fourth-order valence-corrected chi connectivity index (χ4v) is 3.68. The third kappa shape index (κ3) is 3.48. The lowest BCUT2D eigenvalue weighted by molar-refractivity contribution is -0.113. The van der Waals surface area contributed by atoms with Crippen molar-refractivity contribution >= 4 is 39.7 Å². The summed E-state index contributed by atoms with van der Waals surface area (Å²) >= 11 is 1.15. The number of carbonyl (C=O) groups excluding carboxylic acids is 1. The Morgan fingerprint density at radius 2 is 1.89 bits per heavy atom. The van der Waals surface area contributed by atoms with Crippen LogP contribution in [0, 0.1) is 11.3 Å². The number of carbonyl (C=O) groups is 1. The van der Waals surface area contributed by atoms with Gasteiger partial charge in [0.05, 0.1) is 16.5 Å². The van der Waals surface area contributed by atoms with Crippen molar-refractivity contribution in [2.75, 3.05) is 0 Å². The molecule has 1 heterocycles. The predicted octanol–water partition coefficient (Wildman–Crippen LogP) is 4.22. The molecule has 0 spiro atoms. The minimum Gasteiger partial charge on any atom is -0.488 e. The van der Waals surface area contributed by atoms with E-state index in [9.17, 15) is 10.1 Å². The molecule has 0 aliphatic carbocycles. The van der Waals surface area contributed by atoms with Crippen molar-refractivity contribution < 1.29 is 9.53 Å². The molecular weight excluding hydrogens is 370 g/mol. The third-order valence-corrected chi connectivity index (χ3v) is 5.18. The van der Waals surface area contributed by atoms with E-state index < -0.39 is 0 Å². The molecule has 0 atom stereocenters. The summed E-state index contributed by atoms with van der Waals surface area (Å²) in [7, 11) is 0. The van der Waals surface area contributed by atoms with E-state index in [1.54, 1.807) is 12.1 Å². The number of ether oxygens (including phenoxy) is 1. The van der Waals surface area contributed by atoms with Gasteiger partial charge in [-0.25, -0.2) is 0 Å². The molecule has 0 aromatic heterocycles. The number of nitriles is 1. The highest BCUT2D eigenvalue weighted by atomic mass is 32.2. The zero-order chi connectivity index (χ0) is 19.5. The first-order chi connectivity index (χ1) is 13.7. The Morgan fingerprint density at radius 3 is 2.68 bits per heavy atom. The second-order valence-electron chi connectivity index (χ2n) is 6.12. The number of hydrogen-bond donors (Lipinski definition) is 1. The van der Waals surface area contributed by atoms with Crippen LogP contribution in [0.25, 0.3) is 16.8 Å². The maximum atomic E-state index is 12.1. The molecule has 1 aliphatic heterocycles. The summed E-state index contributed by atoms with van der Waals surface area (Å²) in [6, 6.07) is 21.2. The van der Waals surface area contributed by atoms with Gasteiger partial charge in [0.15, 0.2) is 5.17 Å². The normalized spacial score (nSPS) is 14.9. The summed E-state index contributed by atoms with van der Waals surface area (Å²) in [6.45, 7) is 0.248. The van der Waals surface area contributed by atoms with Gasteiger partial charge < -0.3 is 10.5 Å². The van der Waals surface area contributed by atoms with Crippen LogP contribution in [0.5, 0.6) is 5.75 Å². The average molecular weight is 385 g/mol. The molecule has 3 aromatic rings. The van der Waals surface area contributed by atoms with Gasteiger partial charge in [-0.3, -0.25) is 4.79 Å². The standard InChI is InChI=1S/C22H15N3O2S/c23-12-15-6-1-2-7-16(15)13-27-19-10-9-14-5-3-4-8-17(14)18(19)11-20-21(26)25-22(24)28-20/h1-11H,13H2,(H2,24,25,26). The number of nitrogens with zero attached hydrogens (tertiary/aromatic N) is 2. The van der Waals surface area contributed by atoms with Crippen molar-refractivity contribution in [3.63, 3.8) is 0 Å². The van der Waals surface area contributed by atoms with Crippen LogP contribution in [0.3, 0.4) is 0 Å². The van der Waals surface area contributed by atoms with Crippen LogP contribution in [-0.4, -0.2) is 11.1 Å². The topological polar surface area (TPSA) is 88.5 Å². The van der Waals surface area contributed by atoms with Crippen molar-refractivity contribution in [2.24, 2.45) is 10.7 Å². The predicted molar refractivity (Wildman–Crippen MR) is 112 cm³/mol. The molecule has 136 valence electrons. The molecule has 1 amide bonds. The number of aliphatic imine (C=N–C) groups is 1. The Morgan fingerprint density at radius 1 is 1.11 bits per heavy atom. The number of fused-ring (bicyclic) bond motifs is 1. The summed E-state index contributed by atoms with van der Waals surface area (Å²) in [4.78, 5) is 16.3. The molecule has 5 nitrogen and oxygen atoms in total. The highest BCUT2D eigenvalue weighted by Crippen LogP contribution is 2.34. The van der Waals surface area contributed by atoms with E-state index in [0.717, 1.165) is 33.7 Å². The van der Waals surface area contributed by atoms with Crippen LogP contribution in [0.2, 0.25) is 0 Å². The lowest BCUT2D eigenvalue weighted by Crippen LogP contribution is -2.01. The third-order valence-electron chi connectivity index (χ3n) is 4.36. The molecule has 0 bridgehead atoms. The molecule has 28 heavy (non-hydrogen) atoms. The van der Waals surface area contributed by atoms with E-state index in [1.165, 1.54) is 0 Å². The van der Waals surface area contributed by atoms with E-state index >= 15 is 0 Å². The van der Waals surface area contributed by atoms with Gasteiger partial charge in [-0.1, -0.05) is 48.5 Å². The molecule has 3 aromatic carbocycles. The summed E-state index contributed by atoms with van der Waals surface area (Å²) in [5.74, 6) is 0.272. The Labute approximate surface area is 166 Å². The highest BCUT2D eigenvalue weighted by molar-refractivity contribution is 8.18. The van der Waals surface area contributed by atoms with Crippen LogP contribution in [-0.2, 0) is 11.4 Å². The molecule has 0 fully saturated rings. The Balaban J connectivity index is 1.75. The van der Waals surface area contributed by atoms with E-state index in [0.29, 0.717) is 16.2 Å². The maximum Gasteiger partial charge on any atom is 0.286 e. The second-order valence-corrected chi connectivity index (χ2v) is 7.18. The van der Waals surface area contributed by atoms with Gasteiger partial charge in [-0.05, 0) is 40.7 Å². The Bertz CT molecular complexity index is 1190. The number of thioether (sulfide) groups is 1. The molecular formula is C22H15N3O2S. The van der Waals surface area contributed by atoms with Crippen molar-refractivity contribution in [3.8, 4) is 11.8 Å². The first kappa shape index (κ1) is 17.8. The van der Waals surface area contributed by atoms with Crippen LogP contribution in [0.4, 0.5) is 0 Å². The van der Waals surface area contributed by atoms with E-state index in [1.807, 2.05) is 54.6 Å². The number of amides is 1. The van der Waals surface area contributed by atoms with Crippen LogP contribution in [0.15, 0.2) is 70.6 Å². The fourth-order valence-electron chi connectivity index (χ4n) is 3.02. The van der Waals surface area contributed by atoms with E-state index in [4.69, 9.17) is 10.5 Å². The van der Waals surface area contributed by atoms with Crippen molar-refractivity contribution in [1.82, 2.24) is 0 Å². The minimum atomic E-state index is -0.351. The monoisotopic (exact) mass is 385 g/mol. The van der Waals surface area contributed by atoms with Crippen molar-refractivity contribution in [1.29, 1.82) is 5.26 Å². The van der Waals surface area contributed by atoms with E-state index in [-0.39, 0.29) is 17.7 Å². The Kier molecular flexibility index (Phi) is 4.83. The zero-order valence-corrected chi connectivity index (χ0v) is 15.6. The lowest BCUT2D eigenvalue weighted by Gasteiger charge is -2.13. The van der Waals surface area contributed by atoms with Gasteiger partial charge in [0.1, 0.15) is 12.4 Å². The second kappa shape index (κ2) is 7.59. The van der Waals surface area contributed by atoms with Gasteiger partial charge in [-0.2, -0.15) is 10.3 Å². The molecule has 4 rings (SSSR count). The Hall–Kier alpha value is -3.56. The number of rotatable bonds is 4. The first-order valence-electron chi connectivity index (χ1n) is 8.56. The quantitative estimate of drug-likeness (QED) is 0.679. The highest BCUT2D eigenvalue weighted by Gasteiger charge is 2.21. The van der Waals surface area contributed by atoms with Gasteiger partial charge in [0.25, 0.3) is 5.91 Å². The summed E-state index contributed by atoms with van der Waals surface area (Å²) in [5, 5.41) is 11.5. The molecule has 1 aliphatic rings. The van der Waals surface area contributed by atoms with E-state index in [2.05, 4.69) is 11.1 Å². The van der Waals surface area contributed by atoms with Gasteiger partial charge in [0.2, 0.25) is 0 Å². The number of hydrogen-bond acceptors (Lipinski definition) is 5. The molecule has 0 radical (unpaired) electrons.